The van der Waals surface area contributed by atoms with Gasteiger partial charge in [0.15, 0.2) is 17.5 Å². The highest BCUT2D eigenvalue weighted by Gasteiger charge is 2.24. The predicted molar refractivity (Wildman–Crippen MR) is 257 cm³/mol. The summed E-state index contributed by atoms with van der Waals surface area (Å²) in [4.78, 5) is 15.6. The van der Waals surface area contributed by atoms with Gasteiger partial charge in [-0.2, -0.15) is 5.26 Å². The fourth-order valence-corrected chi connectivity index (χ4v) is 8.62. The lowest BCUT2D eigenvalue weighted by atomic mass is 9.92. The van der Waals surface area contributed by atoms with Gasteiger partial charge in [0.1, 0.15) is 0 Å². The molecule has 63 heavy (non-hydrogen) atoms. The van der Waals surface area contributed by atoms with Crippen molar-refractivity contribution in [2.24, 2.45) is 0 Å². The molecule has 9 aromatic carbocycles. The van der Waals surface area contributed by atoms with Crippen LogP contribution in [0.25, 0.3) is 106 Å². The van der Waals surface area contributed by atoms with Crippen molar-refractivity contribution < 1.29 is 0 Å². The molecule has 0 aliphatic carbocycles. The highest BCUT2D eigenvalue weighted by Crippen LogP contribution is 2.44. The number of nitrogens with zero attached hydrogens (tertiary/aromatic N) is 5. The average molecular weight is 804 g/mol. The van der Waals surface area contributed by atoms with Gasteiger partial charge in [-0.1, -0.05) is 182 Å². The van der Waals surface area contributed by atoms with Crippen LogP contribution in [0.2, 0.25) is 0 Å². The molecule has 5 heteroatoms. The Morgan fingerprint density at radius 3 is 1.19 bits per heavy atom. The second-order valence-corrected chi connectivity index (χ2v) is 15.5. The van der Waals surface area contributed by atoms with Gasteiger partial charge >= 0.3 is 0 Å². The van der Waals surface area contributed by atoms with E-state index in [0.29, 0.717) is 23.0 Å². The van der Waals surface area contributed by atoms with Crippen molar-refractivity contribution in [2.45, 2.75) is 0 Å². The van der Waals surface area contributed by atoms with E-state index in [1.807, 2.05) is 66.7 Å². The van der Waals surface area contributed by atoms with Crippen LogP contribution < -0.4 is 0 Å². The number of benzene rings is 9. The molecule has 0 bridgehead atoms. The molecule has 0 spiro atoms. The van der Waals surface area contributed by atoms with Crippen LogP contribution >= 0.6 is 0 Å². The molecule has 0 aliphatic heterocycles. The van der Waals surface area contributed by atoms with E-state index in [1.54, 1.807) is 0 Å². The quantitative estimate of drug-likeness (QED) is 0.153. The number of rotatable bonds is 8. The molecule has 0 amide bonds. The summed E-state index contributed by atoms with van der Waals surface area (Å²) < 4.78 is 2.37. The third-order valence-electron chi connectivity index (χ3n) is 11.7. The van der Waals surface area contributed by atoms with Gasteiger partial charge in [-0.25, -0.2) is 15.0 Å². The minimum absolute atomic E-state index is 0.570. The van der Waals surface area contributed by atoms with E-state index in [2.05, 4.69) is 168 Å². The lowest BCUT2D eigenvalue weighted by molar-refractivity contribution is 1.07. The first-order valence-corrected chi connectivity index (χ1v) is 21.0. The molecule has 11 aromatic rings. The van der Waals surface area contributed by atoms with Crippen LogP contribution in [0.15, 0.2) is 224 Å². The molecule has 2 heterocycles. The monoisotopic (exact) mass is 803 g/mol. The van der Waals surface area contributed by atoms with Crippen molar-refractivity contribution in [3.05, 3.63) is 230 Å². The molecule has 0 N–H and O–H groups in total. The molecule has 0 atom stereocenters. The first-order valence-electron chi connectivity index (χ1n) is 21.0. The summed E-state index contributed by atoms with van der Waals surface area (Å²) in [6.45, 7) is 0. The molecule has 0 aliphatic rings. The fourth-order valence-electron chi connectivity index (χ4n) is 8.62. The van der Waals surface area contributed by atoms with Crippen molar-refractivity contribution in [2.75, 3.05) is 0 Å². The zero-order chi connectivity index (χ0) is 42.1. The van der Waals surface area contributed by atoms with Crippen LogP contribution in [0.5, 0.6) is 0 Å². The SMILES string of the molecule is N#Cc1ccc2c(c1)c1cc(-c3ccccc3)ccc1n2-c1c(-c2ccccc2)cc(-c2nc(-c3ccccc3)nc(-c3ccc(-c4ccccc4)cc3)n2)cc1-c1ccccc1. The van der Waals surface area contributed by atoms with Crippen molar-refractivity contribution >= 4 is 21.8 Å². The molecule has 0 fully saturated rings. The Morgan fingerprint density at radius 1 is 0.317 bits per heavy atom. The highest BCUT2D eigenvalue weighted by atomic mass is 15.0. The van der Waals surface area contributed by atoms with Crippen LogP contribution in [0.4, 0.5) is 0 Å². The summed E-state index contributed by atoms with van der Waals surface area (Å²) in [6, 6.07) is 80.0. The fraction of sp³-hybridized carbons (Fsp3) is 0. The number of hydrogen-bond donors (Lipinski definition) is 0. The molecule has 0 unspecified atom stereocenters. The molecule has 11 rings (SSSR count). The normalized spacial score (nSPS) is 11.2. The number of aromatic nitrogens is 4. The topological polar surface area (TPSA) is 67.4 Å². The molecule has 0 saturated heterocycles. The zero-order valence-corrected chi connectivity index (χ0v) is 34.1. The van der Waals surface area contributed by atoms with E-state index in [1.165, 1.54) is 0 Å². The van der Waals surface area contributed by atoms with Gasteiger partial charge in [-0.05, 0) is 75.8 Å². The second kappa shape index (κ2) is 16.0. The number of fused-ring (bicyclic) bond motifs is 3. The van der Waals surface area contributed by atoms with E-state index >= 15 is 0 Å². The Balaban J connectivity index is 1.19. The molecule has 2 aromatic heterocycles. The van der Waals surface area contributed by atoms with Crippen LogP contribution in [0.3, 0.4) is 0 Å². The Hall–Kier alpha value is -8.72. The molecular formula is C58H37N5. The third-order valence-corrected chi connectivity index (χ3v) is 11.7. The van der Waals surface area contributed by atoms with E-state index in [0.717, 1.165) is 88.7 Å². The Labute approximate surface area is 365 Å². The van der Waals surface area contributed by atoms with Crippen molar-refractivity contribution in [3.63, 3.8) is 0 Å². The number of hydrogen-bond acceptors (Lipinski definition) is 4. The molecular weight excluding hydrogens is 767 g/mol. The summed E-state index contributed by atoms with van der Waals surface area (Å²) in [5, 5.41) is 12.2. The lowest BCUT2D eigenvalue weighted by Crippen LogP contribution is -2.04. The summed E-state index contributed by atoms with van der Waals surface area (Å²) in [7, 11) is 0. The van der Waals surface area contributed by atoms with E-state index in [4.69, 9.17) is 15.0 Å². The van der Waals surface area contributed by atoms with E-state index < -0.39 is 0 Å². The maximum absolute atomic E-state index is 10.1. The molecule has 294 valence electrons. The van der Waals surface area contributed by atoms with Crippen LogP contribution in [0, 0.1) is 11.3 Å². The minimum atomic E-state index is 0.570. The van der Waals surface area contributed by atoms with Gasteiger partial charge < -0.3 is 4.57 Å². The Bertz CT molecular complexity index is 3410. The van der Waals surface area contributed by atoms with E-state index in [-0.39, 0.29) is 0 Å². The lowest BCUT2D eigenvalue weighted by Gasteiger charge is -2.21. The van der Waals surface area contributed by atoms with Crippen molar-refractivity contribution in [1.29, 1.82) is 5.26 Å². The second-order valence-electron chi connectivity index (χ2n) is 15.5. The maximum Gasteiger partial charge on any atom is 0.164 e. The van der Waals surface area contributed by atoms with E-state index in [9.17, 15) is 5.26 Å². The first-order chi connectivity index (χ1) is 31.2. The molecule has 0 radical (unpaired) electrons. The Kier molecular flexibility index (Phi) is 9.50. The molecule has 0 saturated carbocycles. The van der Waals surface area contributed by atoms with Crippen molar-refractivity contribution in [3.8, 4) is 90.4 Å². The summed E-state index contributed by atoms with van der Waals surface area (Å²) >= 11 is 0. The van der Waals surface area contributed by atoms with Gasteiger partial charge in [-0.3, -0.25) is 0 Å². The standard InChI is InChI=1S/C58H37N5/c59-38-39-26-32-53-51(34-39)52-35-47(41-18-8-2-9-19-41)31-33-54(52)63(53)55-49(43-20-10-3-11-21-43)36-48(37-50(55)44-22-12-4-13-23-44)58-61-56(45-24-14-5-15-25-45)60-57(62-58)46-29-27-42(28-30-46)40-16-6-1-7-17-40/h1-37H. The van der Waals surface area contributed by atoms with Crippen LogP contribution in [0.1, 0.15) is 5.56 Å². The summed E-state index contributed by atoms with van der Waals surface area (Å²) in [5.74, 6) is 1.76. The minimum Gasteiger partial charge on any atom is -0.308 e. The van der Waals surface area contributed by atoms with Gasteiger partial charge in [0.25, 0.3) is 0 Å². The van der Waals surface area contributed by atoms with Gasteiger partial charge in [0.05, 0.1) is 28.4 Å². The molecule has 5 nitrogen and oxygen atoms in total. The predicted octanol–water partition coefficient (Wildman–Crippen LogP) is 14.5. The summed E-state index contributed by atoms with van der Waals surface area (Å²) in [6.07, 6.45) is 0. The summed E-state index contributed by atoms with van der Waals surface area (Å²) in [5.41, 5.74) is 15.0. The van der Waals surface area contributed by atoms with Crippen molar-refractivity contribution in [1.82, 2.24) is 19.5 Å². The third kappa shape index (κ3) is 7.02. The zero-order valence-electron chi connectivity index (χ0n) is 34.1. The smallest absolute Gasteiger partial charge is 0.164 e. The van der Waals surface area contributed by atoms with Crippen LogP contribution in [-0.2, 0) is 0 Å². The number of nitriles is 1. The van der Waals surface area contributed by atoms with Gasteiger partial charge in [0.2, 0.25) is 0 Å². The van der Waals surface area contributed by atoms with Gasteiger partial charge in [0, 0.05) is 38.6 Å². The average Bonchev–Trinajstić information content (AvgIpc) is 3.69. The first kappa shape index (κ1) is 37.3. The highest BCUT2D eigenvalue weighted by molar-refractivity contribution is 6.12. The van der Waals surface area contributed by atoms with Crippen LogP contribution in [-0.4, -0.2) is 19.5 Å². The van der Waals surface area contributed by atoms with Gasteiger partial charge in [-0.15, -0.1) is 0 Å². The largest absolute Gasteiger partial charge is 0.308 e. The Morgan fingerprint density at radius 2 is 0.683 bits per heavy atom. The maximum atomic E-state index is 10.1.